The van der Waals surface area contributed by atoms with Crippen LogP contribution in [-0.2, 0) is 6.54 Å². The molecule has 0 aliphatic heterocycles. The summed E-state index contributed by atoms with van der Waals surface area (Å²) in [6.07, 6.45) is 2.14. The van der Waals surface area contributed by atoms with Crippen molar-refractivity contribution in [2.45, 2.75) is 32.4 Å². The third-order valence-corrected chi connectivity index (χ3v) is 3.02. The van der Waals surface area contributed by atoms with Crippen molar-refractivity contribution in [3.8, 4) is 0 Å². The standard InChI is InChI=1S/C13H18N2O2/c1-3-6-10(14-2)9-15-11-7-4-5-8-12(11)17-13(15)16/h4-5,7-8,10,14H,3,6,9H2,1-2H3. The number of nitrogens with zero attached hydrogens (tertiary/aromatic N) is 1. The molecule has 0 fully saturated rings. The second kappa shape index (κ2) is 5.19. The molecule has 4 heteroatoms. The van der Waals surface area contributed by atoms with Crippen molar-refractivity contribution in [1.82, 2.24) is 9.88 Å². The van der Waals surface area contributed by atoms with E-state index in [1.165, 1.54) is 0 Å². The molecular weight excluding hydrogens is 216 g/mol. The van der Waals surface area contributed by atoms with E-state index < -0.39 is 0 Å². The lowest BCUT2D eigenvalue weighted by Gasteiger charge is -2.15. The van der Waals surface area contributed by atoms with Crippen molar-refractivity contribution in [3.05, 3.63) is 34.8 Å². The molecule has 2 aromatic rings. The molecule has 1 N–H and O–H groups in total. The van der Waals surface area contributed by atoms with Gasteiger partial charge in [0, 0.05) is 12.6 Å². The first-order valence-corrected chi connectivity index (χ1v) is 6.02. The minimum Gasteiger partial charge on any atom is -0.408 e. The molecule has 0 bridgehead atoms. The summed E-state index contributed by atoms with van der Waals surface area (Å²) >= 11 is 0. The second-order valence-corrected chi connectivity index (χ2v) is 4.22. The van der Waals surface area contributed by atoms with Gasteiger partial charge < -0.3 is 9.73 Å². The average Bonchev–Trinajstić information content (AvgIpc) is 2.65. The largest absolute Gasteiger partial charge is 0.420 e. The molecule has 0 saturated heterocycles. The Kier molecular flexibility index (Phi) is 3.64. The highest BCUT2D eigenvalue weighted by Crippen LogP contribution is 2.12. The number of fused-ring (bicyclic) bond motifs is 1. The lowest BCUT2D eigenvalue weighted by Crippen LogP contribution is -2.33. The van der Waals surface area contributed by atoms with Gasteiger partial charge in [0.05, 0.1) is 5.52 Å². The van der Waals surface area contributed by atoms with Gasteiger partial charge in [-0.1, -0.05) is 25.5 Å². The van der Waals surface area contributed by atoms with Crippen LogP contribution in [0.15, 0.2) is 33.5 Å². The van der Waals surface area contributed by atoms with Gasteiger partial charge in [-0.2, -0.15) is 0 Å². The number of hydrogen-bond acceptors (Lipinski definition) is 3. The van der Waals surface area contributed by atoms with Crippen LogP contribution < -0.4 is 11.1 Å². The highest BCUT2D eigenvalue weighted by molar-refractivity contribution is 5.72. The molecule has 0 amide bonds. The monoisotopic (exact) mass is 234 g/mol. The number of likely N-dealkylation sites (N-methyl/N-ethyl adjacent to an activating group) is 1. The molecule has 4 nitrogen and oxygen atoms in total. The highest BCUT2D eigenvalue weighted by Gasteiger charge is 2.12. The van der Waals surface area contributed by atoms with Gasteiger partial charge in [-0.25, -0.2) is 4.79 Å². The average molecular weight is 234 g/mol. The first-order valence-electron chi connectivity index (χ1n) is 6.02. The third kappa shape index (κ3) is 2.42. The Hall–Kier alpha value is -1.55. The zero-order valence-corrected chi connectivity index (χ0v) is 10.3. The van der Waals surface area contributed by atoms with Crippen molar-refractivity contribution < 1.29 is 4.42 Å². The first kappa shape index (κ1) is 11.9. The van der Waals surface area contributed by atoms with Crippen LogP contribution in [0.2, 0.25) is 0 Å². The molecule has 0 spiro atoms. The predicted octanol–water partition coefficient (Wildman–Crippen LogP) is 1.98. The first-order chi connectivity index (χ1) is 8.26. The second-order valence-electron chi connectivity index (χ2n) is 4.22. The van der Waals surface area contributed by atoms with E-state index in [4.69, 9.17) is 4.42 Å². The van der Waals surface area contributed by atoms with E-state index in [1.807, 2.05) is 31.3 Å². The molecule has 92 valence electrons. The quantitative estimate of drug-likeness (QED) is 0.860. The summed E-state index contributed by atoms with van der Waals surface area (Å²) in [4.78, 5) is 11.8. The molecule has 0 saturated carbocycles. The number of rotatable bonds is 5. The highest BCUT2D eigenvalue weighted by atomic mass is 16.4. The van der Waals surface area contributed by atoms with Crippen LogP contribution >= 0.6 is 0 Å². The van der Waals surface area contributed by atoms with Gasteiger partial charge in [0.15, 0.2) is 5.58 Å². The van der Waals surface area contributed by atoms with Crippen LogP contribution in [0.1, 0.15) is 19.8 Å². The Morgan fingerprint density at radius 1 is 1.41 bits per heavy atom. The third-order valence-electron chi connectivity index (χ3n) is 3.02. The SMILES string of the molecule is CCCC(Cn1c(=O)oc2ccccc21)NC. The summed E-state index contributed by atoms with van der Waals surface area (Å²) in [5.41, 5.74) is 1.53. The van der Waals surface area contributed by atoms with Crippen molar-refractivity contribution in [2.24, 2.45) is 0 Å². The minimum atomic E-state index is -0.275. The fraction of sp³-hybridized carbons (Fsp3) is 0.462. The molecular formula is C13H18N2O2. The van der Waals surface area contributed by atoms with Crippen LogP contribution in [0.3, 0.4) is 0 Å². The molecule has 1 heterocycles. The van der Waals surface area contributed by atoms with Crippen LogP contribution in [0.4, 0.5) is 0 Å². The topological polar surface area (TPSA) is 47.2 Å². The van der Waals surface area contributed by atoms with E-state index in [-0.39, 0.29) is 5.76 Å². The van der Waals surface area contributed by atoms with Gasteiger partial charge in [-0.05, 0) is 25.6 Å². The van der Waals surface area contributed by atoms with E-state index >= 15 is 0 Å². The summed E-state index contributed by atoms with van der Waals surface area (Å²) in [7, 11) is 1.92. The number of oxazole rings is 1. The molecule has 1 atom stereocenters. The van der Waals surface area contributed by atoms with Gasteiger partial charge in [-0.15, -0.1) is 0 Å². The molecule has 0 radical (unpaired) electrons. The van der Waals surface area contributed by atoms with Crippen LogP contribution in [0.25, 0.3) is 11.1 Å². The summed E-state index contributed by atoms with van der Waals surface area (Å²) in [5.74, 6) is -0.275. The number of para-hydroxylation sites is 2. The summed E-state index contributed by atoms with van der Waals surface area (Å²) in [6, 6.07) is 7.83. The lowest BCUT2D eigenvalue weighted by atomic mass is 10.1. The predicted molar refractivity (Wildman–Crippen MR) is 68.2 cm³/mol. The number of benzene rings is 1. The zero-order valence-electron chi connectivity index (χ0n) is 10.3. The Balaban J connectivity index is 2.34. The molecule has 0 aliphatic rings. The van der Waals surface area contributed by atoms with Crippen molar-refractivity contribution in [3.63, 3.8) is 0 Å². The van der Waals surface area contributed by atoms with Gasteiger partial charge in [0.25, 0.3) is 0 Å². The Morgan fingerprint density at radius 2 is 2.18 bits per heavy atom. The molecule has 1 aromatic carbocycles. The summed E-state index contributed by atoms with van der Waals surface area (Å²) < 4.78 is 6.90. The summed E-state index contributed by atoms with van der Waals surface area (Å²) in [6.45, 7) is 2.79. The Morgan fingerprint density at radius 3 is 2.88 bits per heavy atom. The van der Waals surface area contributed by atoms with Crippen molar-refractivity contribution in [2.75, 3.05) is 7.05 Å². The zero-order chi connectivity index (χ0) is 12.3. The van der Waals surface area contributed by atoms with Crippen LogP contribution in [0, 0.1) is 0 Å². The Bertz CT molecular complexity index is 542. The minimum absolute atomic E-state index is 0.275. The van der Waals surface area contributed by atoms with E-state index in [1.54, 1.807) is 4.57 Å². The van der Waals surface area contributed by atoms with Crippen molar-refractivity contribution in [1.29, 1.82) is 0 Å². The van der Waals surface area contributed by atoms with E-state index in [2.05, 4.69) is 12.2 Å². The van der Waals surface area contributed by atoms with Gasteiger partial charge in [0.1, 0.15) is 0 Å². The summed E-state index contributed by atoms with van der Waals surface area (Å²) in [5, 5.41) is 3.23. The Labute approximate surface area is 100 Å². The maximum absolute atomic E-state index is 11.8. The lowest BCUT2D eigenvalue weighted by molar-refractivity contribution is 0.421. The normalized spacial score (nSPS) is 13.1. The van der Waals surface area contributed by atoms with E-state index in [0.29, 0.717) is 18.2 Å². The van der Waals surface area contributed by atoms with Gasteiger partial charge in [-0.3, -0.25) is 4.57 Å². The molecule has 1 aromatic heterocycles. The smallest absolute Gasteiger partial charge is 0.408 e. The molecule has 2 rings (SSSR count). The maximum atomic E-state index is 11.8. The molecule has 1 unspecified atom stereocenters. The number of hydrogen-bond donors (Lipinski definition) is 1. The number of nitrogens with one attached hydrogen (secondary N) is 1. The fourth-order valence-electron chi connectivity index (χ4n) is 2.08. The van der Waals surface area contributed by atoms with Crippen LogP contribution in [-0.4, -0.2) is 17.7 Å². The van der Waals surface area contributed by atoms with E-state index in [0.717, 1.165) is 18.4 Å². The van der Waals surface area contributed by atoms with Crippen LogP contribution in [0.5, 0.6) is 0 Å². The molecule has 0 aliphatic carbocycles. The maximum Gasteiger partial charge on any atom is 0.420 e. The fourth-order valence-corrected chi connectivity index (χ4v) is 2.08. The molecule has 17 heavy (non-hydrogen) atoms. The number of aromatic nitrogens is 1. The van der Waals surface area contributed by atoms with Crippen molar-refractivity contribution >= 4 is 11.1 Å². The van der Waals surface area contributed by atoms with Gasteiger partial charge >= 0.3 is 5.76 Å². The van der Waals surface area contributed by atoms with Gasteiger partial charge in [0.2, 0.25) is 0 Å². The van der Waals surface area contributed by atoms with E-state index in [9.17, 15) is 4.79 Å².